The van der Waals surface area contributed by atoms with E-state index >= 15 is 0 Å². The van der Waals surface area contributed by atoms with Crippen molar-refractivity contribution in [3.8, 4) is 22.8 Å². The number of aryl methyl sites for hydroxylation is 1. The molecule has 0 radical (unpaired) electrons. The molecular weight excluding hydrogens is 526 g/mol. The Morgan fingerprint density at radius 3 is 2.65 bits per heavy atom. The summed E-state index contributed by atoms with van der Waals surface area (Å²) in [5.74, 6) is 2.09. The zero-order chi connectivity index (χ0) is 28.2. The summed E-state index contributed by atoms with van der Waals surface area (Å²) in [4.78, 5) is 18.9. The molecule has 0 N–H and O–H groups in total. The molecule has 2 fully saturated rings. The van der Waals surface area contributed by atoms with Gasteiger partial charge in [-0.2, -0.15) is 5.10 Å². The van der Waals surface area contributed by atoms with Crippen LogP contribution in [-0.2, 0) is 9.84 Å². The predicted molar refractivity (Wildman–Crippen MR) is 156 cm³/mol. The van der Waals surface area contributed by atoms with Crippen molar-refractivity contribution in [1.82, 2.24) is 29.6 Å². The molecule has 3 atom stereocenters. The van der Waals surface area contributed by atoms with Crippen molar-refractivity contribution < 1.29 is 13.2 Å². The fourth-order valence-corrected chi connectivity index (χ4v) is 7.20. The number of aromatic nitrogens is 5. The third-order valence-corrected chi connectivity index (χ3v) is 9.36. The fraction of sp³-hybridized carbons (Fsp3) is 0.448. The molecule has 0 amide bonds. The number of likely N-dealkylation sites (tertiary alicyclic amines) is 1. The van der Waals surface area contributed by atoms with E-state index in [1.165, 1.54) is 6.26 Å². The van der Waals surface area contributed by atoms with Gasteiger partial charge in [-0.25, -0.2) is 18.1 Å². The molecule has 1 unspecified atom stereocenters. The topological polar surface area (TPSA) is 106 Å². The van der Waals surface area contributed by atoms with Gasteiger partial charge in [0.2, 0.25) is 0 Å². The van der Waals surface area contributed by atoms with E-state index in [1.54, 1.807) is 19.5 Å². The number of nitrogens with zero attached hydrogens (tertiary/aromatic N) is 7. The maximum atomic E-state index is 12.0. The number of rotatable bonds is 7. The van der Waals surface area contributed by atoms with Gasteiger partial charge in [-0.1, -0.05) is 0 Å². The molecule has 6 rings (SSSR count). The quantitative estimate of drug-likeness (QED) is 0.335. The van der Waals surface area contributed by atoms with Crippen LogP contribution in [0.1, 0.15) is 30.7 Å². The second-order valence-electron chi connectivity index (χ2n) is 11.3. The Labute approximate surface area is 234 Å². The minimum atomic E-state index is -3.03. The van der Waals surface area contributed by atoms with Crippen LogP contribution < -0.4 is 9.64 Å². The molecule has 0 aromatic carbocycles. The van der Waals surface area contributed by atoms with Crippen LogP contribution in [0.2, 0.25) is 0 Å². The second-order valence-corrected chi connectivity index (χ2v) is 13.4. The molecular formula is C29H35N7O3S. The molecule has 2 saturated heterocycles. The minimum absolute atomic E-state index is 0.115. The van der Waals surface area contributed by atoms with Gasteiger partial charge in [0.05, 0.1) is 35.8 Å². The summed E-state index contributed by atoms with van der Waals surface area (Å²) < 4.78 is 31.4. The largest absolute Gasteiger partial charge is 0.496 e. The van der Waals surface area contributed by atoms with E-state index in [-0.39, 0.29) is 17.7 Å². The standard InChI is InChI=1S/C29H35N7O3S/c1-18-23-14-31-36(27(23)12-26(32-18)24-13-30-8-6-28(24)39-4)29-11-22(10-25(33-29)20-7-9-34(3)15-20)35-16-21(19(35)2)17-40(5,37)38/h6,8,10-14,19-21H,7,9,15-17H2,1-5H3/t19-,20?,21-/m1/s1. The summed E-state index contributed by atoms with van der Waals surface area (Å²) >= 11 is 0. The maximum Gasteiger partial charge on any atom is 0.156 e. The zero-order valence-electron chi connectivity index (χ0n) is 23.6. The molecule has 0 saturated carbocycles. The van der Waals surface area contributed by atoms with Gasteiger partial charge in [-0.05, 0) is 52.1 Å². The SMILES string of the molecule is COc1ccncc1-c1cc2c(cnn2-c2cc(N3C[C@H](CS(C)(=O)=O)[C@H]3C)cc(C3CCN(C)C3)n2)c(C)n1. The maximum absolute atomic E-state index is 12.0. The fourth-order valence-electron chi connectivity index (χ4n) is 6.04. The summed E-state index contributed by atoms with van der Waals surface area (Å²) in [7, 11) is 0.752. The van der Waals surface area contributed by atoms with Crippen molar-refractivity contribution in [2.75, 3.05) is 50.7 Å². The molecule has 0 aliphatic carbocycles. The van der Waals surface area contributed by atoms with Crippen LogP contribution in [0.3, 0.4) is 0 Å². The van der Waals surface area contributed by atoms with Crippen molar-refractivity contribution in [3.63, 3.8) is 0 Å². The van der Waals surface area contributed by atoms with Crippen LogP contribution in [0.25, 0.3) is 28.0 Å². The predicted octanol–water partition coefficient (Wildman–Crippen LogP) is 3.48. The van der Waals surface area contributed by atoms with Gasteiger partial charge < -0.3 is 14.5 Å². The summed E-state index contributed by atoms with van der Waals surface area (Å²) in [6, 6.07) is 8.22. The Bertz CT molecular complexity index is 1690. The van der Waals surface area contributed by atoms with Crippen molar-refractivity contribution in [1.29, 1.82) is 0 Å². The van der Waals surface area contributed by atoms with Crippen LogP contribution in [0.4, 0.5) is 5.69 Å². The summed E-state index contributed by atoms with van der Waals surface area (Å²) in [6.07, 6.45) is 7.67. The monoisotopic (exact) mass is 561 g/mol. The Balaban J connectivity index is 1.45. The number of likely N-dealkylation sites (N-methyl/N-ethyl adjacent to an activating group) is 1. The van der Waals surface area contributed by atoms with Gasteiger partial charge in [0.1, 0.15) is 15.6 Å². The van der Waals surface area contributed by atoms with Crippen molar-refractivity contribution in [3.05, 3.63) is 54.2 Å². The van der Waals surface area contributed by atoms with Crippen LogP contribution in [0.5, 0.6) is 5.75 Å². The number of pyridine rings is 3. The van der Waals surface area contributed by atoms with Gasteiger partial charge in [0.25, 0.3) is 0 Å². The molecule has 4 aromatic rings. The van der Waals surface area contributed by atoms with E-state index in [4.69, 9.17) is 19.8 Å². The van der Waals surface area contributed by atoms with E-state index in [0.29, 0.717) is 18.2 Å². The molecule has 40 heavy (non-hydrogen) atoms. The van der Waals surface area contributed by atoms with E-state index in [2.05, 4.69) is 40.9 Å². The Morgan fingerprint density at radius 1 is 1.12 bits per heavy atom. The number of anilines is 1. The highest BCUT2D eigenvalue weighted by Crippen LogP contribution is 2.37. The van der Waals surface area contributed by atoms with Crippen LogP contribution in [-0.4, -0.2) is 89.9 Å². The van der Waals surface area contributed by atoms with Crippen LogP contribution in [0, 0.1) is 12.8 Å². The van der Waals surface area contributed by atoms with Crippen LogP contribution >= 0.6 is 0 Å². The smallest absolute Gasteiger partial charge is 0.156 e. The number of methoxy groups -OCH3 is 1. The average molecular weight is 562 g/mol. The number of hydrogen-bond donors (Lipinski definition) is 0. The van der Waals surface area contributed by atoms with Crippen molar-refractivity contribution in [2.24, 2.45) is 5.92 Å². The van der Waals surface area contributed by atoms with Crippen LogP contribution in [0.15, 0.2) is 42.9 Å². The second kappa shape index (κ2) is 10.1. The molecule has 4 aromatic heterocycles. The Hall–Kier alpha value is -3.57. The lowest BCUT2D eigenvalue weighted by molar-refractivity contribution is 0.341. The molecule has 11 heteroatoms. The highest BCUT2D eigenvalue weighted by Gasteiger charge is 2.38. The lowest BCUT2D eigenvalue weighted by Gasteiger charge is -2.48. The summed E-state index contributed by atoms with van der Waals surface area (Å²) in [5.41, 5.74) is 5.42. The number of sulfone groups is 1. The highest BCUT2D eigenvalue weighted by molar-refractivity contribution is 7.90. The van der Waals surface area contributed by atoms with Gasteiger partial charge in [-0.15, -0.1) is 0 Å². The third kappa shape index (κ3) is 4.92. The van der Waals surface area contributed by atoms with Gasteiger partial charge in [0, 0.05) is 78.1 Å². The first kappa shape index (κ1) is 26.6. The summed E-state index contributed by atoms with van der Waals surface area (Å²) in [5, 5.41) is 5.72. The van der Waals surface area contributed by atoms with E-state index in [9.17, 15) is 8.42 Å². The van der Waals surface area contributed by atoms with Gasteiger partial charge >= 0.3 is 0 Å². The van der Waals surface area contributed by atoms with E-state index < -0.39 is 9.84 Å². The minimum Gasteiger partial charge on any atom is -0.496 e. The third-order valence-electron chi connectivity index (χ3n) is 8.33. The first-order valence-electron chi connectivity index (χ1n) is 13.6. The Morgan fingerprint density at radius 2 is 1.95 bits per heavy atom. The molecule has 10 nitrogen and oxygen atoms in total. The first-order valence-corrected chi connectivity index (χ1v) is 15.7. The van der Waals surface area contributed by atoms with E-state index in [1.807, 2.05) is 29.9 Å². The van der Waals surface area contributed by atoms with Crippen molar-refractivity contribution in [2.45, 2.75) is 32.2 Å². The lowest BCUT2D eigenvalue weighted by atomic mass is 9.90. The molecule has 0 bridgehead atoms. The normalized spacial score (nSPS) is 21.6. The zero-order valence-corrected chi connectivity index (χ0v) is 24.4. The first-order chi connectivity index (χ1) is 19.1. The molecule has 6 heterocycles. The van der Waals surface area contributed by atoms with E-state index in [0.717, 1.165) is 64.6 Å². The number of hydrogen-bond acceptors (Lipinski definition) is 9. The Kier molecular flexibility index (Phi) is 6.74. The molecule has 2 aliphatic heterocycles. The van der Waals surface area contributed by atoms with Crippen molar-refractivity contribution >= 4 is 26.4 Å². The summed E-state index contributed by atoms with van der Waals surface area (Å²) in [6.45, 7) is 6.78. The highest BCUT2D eigenvalue weighted by atomic mass is 32.2. The molecule has 0 spiro atoms. The average Bonchev–Trinajstić information content (AvgIpc) is 3.56. The molecule has 2 aliphatic rings. The van der Waals surface area contributed by atoms with Gasteiger partial charge in [-0.3, -0.25) is 9.97 Å². The number of ether oxygens (including phenoxy) is 1. The lowest BCUT2D eigenvalue weighted by Crippen LogP contribution is -2.57. The van der Waals surface area contributed by atoms with Gasteiger partial charge in [0.15, 0.2) is 5.82 Å². The number of fused-ring (bicyclic) bond motifs is 1. The molecule has 210 valence electrons.